The molecule has 0 amide bonds. The minimum atomic E-state index is -0.0536. The fourth-order valence-electron chi connectivity index (χ4n) is 2.32. The molecule has 0 saturated carbocycles. The molecule has 0 aromatic carbocycles. The lowest BCUT2D eigenvalue weighted by Gasteiger charge is -2.33. The summed E-state index contributed by atoms with van der Waals surface area (Å²) in [7, 11) is 0. The summed E-state index contributed by atoms with van der Waals surface area (Å²) in [4.78, 5) is 21.1. The Hall–Kier alpha value is -1.21. The lowest BCUT2D eigenvalue weighted by atomic mass is 9.92. The first kappa shape index (κ1) is 16.2. The number of rotatable bonds is 1. The van der Waals surface area contributed by atoms with Gasteiger partial charge in [0, 0.05) is 36.5 Å². The maximum atomic E-state index is 12.5. The molecule has 0 saturated heterocycles. The summed E-state index contributed by atoms with van der Waals surface area (Å²) in [6, 6.07) is 3.69. The van der Waals surface area contributed by atoms with Crippen molar-refractivity contribution in [1.29, 1.82) is 0 Å². The Bertz CT molecular complexity index is 713. The molecule has 1 N–H and O–H groups in total. The number of anilines is 1. The monoisotopic (exact) mass is 414 g/mol. The summed E-state index contributed by atoms with van der Waals surface area (Å²) in [5.74, 6) is 0.629. The van der Waals surface area contributed by atoms with Crippen LogP contribution in [0.3, 0.4) is 0 Å². The van der Waals surface area contributed by atoms with E-state index in [1.54, 1.807) is 17.0 Å². The van der Waals surface area contributed by atoms with Gasteiger partial charge in [-0.2, -0.15) is 0 Å². The van der Waals surface area contributed by atoms with Crippen LogP contribution >= 0.6 is 32.9 Å². The molecule has 0 bridgehead atoms. The molecule has 7 heteroatoms. The third kappa shape index (κ3) is 3.03. The van der Waals surface area contributed by atoms with Gasteiger partial charge in [0.15, 0.2) is 0 Å². The second-order valence-electron chi connectivity index (χ2n) is 5.74. The molecule has 0 aliphatic carbocycles. The number of hydrogen-bond donors (Lipinski definition) is 1. The zero-order valence-electron chi connectivity index (χ0n) is 11.8. The third-order valence-electron chi connectivity index (χ3n) is 3.38. The molecule has 112 valence electrons. The van der Waals surface area contributed by atoms with E-state index in [-0.39, 0.29) is 28.0 Å². The zero-order valence-corrected chi connectivity index (χ0v) is 15.1. The van der Waals surface area contributed by atoms with Crippen molar-refractivity contribution in [3.63, 3.8) is 0 Å². The van der Waals surface area contributed by atoms with Gasteiger partial charge in [0.1, 0.15) is 4.47 Å². The number of aromatic nitrogens is 3. The summed E-state index contributed by atoms with van der Waals surface area (Å²) in [6.07, 6.45) is 3.38. The number of pyridine rings is 1. The van der Waals surface area contributed by atoms with E-state index < -0.39 is 0 Å². The maximum absolute atomic E-state index is 12.5. The van der Waals surface area contributed by atoms with Crippen molar-refractivity contribution in [1.82, 2.24) is 14.5 Å². The molecule has 1 aliphatic rings. The Morgan fingerprint density at radius 3 is 2.67 bits per heavy atom. The Morgan fingerprint density at radius 1 is 1.33 bits per heavy atom. The first-order valence-electron chi connectivity index (χ1n) is 6.42. The molecule has 3 heterocycles. The predicted octanol–water partition coefficient (Wildman–Crippen LogP) is 3.10. The first-order chi connectivity index (χ1) is 9.48. The summed E-state index contributed by atoms with van der Waals surface area (Å²) in [6.45, 7) is 5.72. The van der Waals surface area contributed by atoms with Gasteiger partial charge < -0.3 is 5.32 Å². The van der Waals surface area contributed by atoms with Gasteiger partial charge in [0.05, 0.1) is 5.69 Å². The van der Waals surface area contributed by atoms with Crippen LogP contribution in [0.15, 0.2) is 33.8 Å². The minimum Gasteiger partial charge on any atom is -0.355 e. The van der Waals surface area contributed by atoms with Gasteiger partial charge in [-0.3, -0.25) is 14.3 Å². The Kier molecular flexibility index (Phi) is 4.53. The van der Waals surface area contributed by atoms with Crippen molar-refractivity contribution >= 4 is 38.9 Å². The van der Waals surface area contributed by atoms with E-state index in [1.165, 1.54) is 0 Å². The van der Waals surface area contributed by atoms with Gasteiger partial charge in [-0.05, 0) is 28.1 Å². The van der Waals surface area contributed by atoms with Crippen LogP contribution in [-0.2, 0) is 6.54 Å². The van der Waals surface area contributed by atoms with Crippen molar-refractivity contribution < 1.29 is 0 Å². The molecule has 0 atom stereocenters. The van der Waals surface area contributed by atoms with Gasteiger partial charge in [-0.1, -0.05) is 13.8 Å². The minimum absolute atomic E-state index is 0. The van der Waals surface area contributed by atoms with E-state index in [9.17, 15) is 4.79 Å². The van der Waals surface area contributed by atoms with Crippen LogP contribution in [0.5, 0.6) is 0 Å². The van der Waals surface area contributed by atoms with E-state index in [0.717, 1.165) is 12.1 Å². The lowest BCUT2D eigenvalue weighted by Crippen LogP contribution is -2.41. The second kappa shape index (κ2) is 5.88. The topological polar surface area (TPSA) is 59.8 Å². The maximum Gasteiger partial charge on any atom is 0.269 e. The van der Waals surface area contributed by atoms with Gasteiger partial charge in [0.25, 0.3) is 5.56 Å². The average Bonchev–Trinajstić information content (AvgIpc) is 2.44. The van der Waals surface area contributed by atoms with Gasteiger partial charge in [0.2, 0.25) is 5.95 Å². The number of halogens is 2. The number of nitrogens with one attached hydrogen (secondary N) is 1. The van der Waals surface area contributed by atoms with E-state index in [1.807, 2.05) is 12.1 Å². The molecule has 0 radical (unpaired) electrons. The summed E-state index contributed by atoms with van der Waals surface area (Å²) in [5, 5.41) is 3.25. The summed E-state index contributed by atoms with van der Waals surface area (Å²) < 4.78 is 2.19. The molecule has 0 unspecified atom stereocenters. The first-order valence-corrected chi connectivity index (χ1v) is 7.22. The Morgan fingerprint density at radius 2 is 2.00 bits per heavy atom. The normalized spacial score (nSPS) is 15.6. The fourth-order valence-corrected chi connectivity index (χ4v) is 2.85. The molecule has 2 aromatic heterocycles. The van der Waals surface area contributed by atoms with Gasteiger partial charge in [-0.15, -0.1) is 17.0 Å². The van der Waals surface area contributed by atoms with Crippen molar-refractivity contribution in [2.45, 2.75) is 20.4 Å². The van der Waals surface area contributed by atoms with E-state index in [4.69, 9.17) is 0 Å². The van der Waals surface area contributed by atoms with Crippen LogP contribution in [0.1, 0.15) is 13.8 Å². The summed E-state index contributed by atoms with van der Waals surface area (Å²) >= 11 is 3.39. The van der Waals surface area contributed by atoms with Crippen LogP contribution in [0.2, 0.25) is 0 Å². The molecule has 3 rings (SSSR count). The fraction of sp³-hybridized carbons (Fsp3) is 0.357. The smallest absolute Gasteiger partial charge is 0.269 e. The molecule has 2 aromatic rings. The molecule has 5 nitrogen and oxygen atoms in total. The van der Waals surface area contributed by atoms with E-state index in [0.29, 0.717) is 22.7 Å². The third-order valence-corrected chi connectivity index (χ3v) is 4.09. The standard InChI is InChI=1S/C14H15BrN4O.BrH/c1-14(2)7-17-13-18-11(9-3-5-16-6-4-9)10(15)12(20)19(13)8-14;/h3-6H,7-8H2,1-2H3,(H,17,18);1H. The highest BCUT2D eigenvalue weighted by Crippen LogP contribution is 2.29. The highest BCUT2D eigenvalue weighted by Gasteiger charge is 2.28. The lowest BCUT2D eigenvalue weighted by molar-refractivity contribution is 0.302. The quantitative estimate of drug-likeness (QED) is 0.777. The van der Waals surface area contributed by atoms with Gasteiger partial charge >= 0.3 is 0 Å². The van der Waals surface area contributed by atoms with Crippen molar-refractivity contribution in [3.05, 3.63) is 39.4 Å². The number of fused-ring (bicyclic) bond motifs is 1. The van der Waals surface area contributed by atoms with Crippen LogP contribution in [0.25, 0.3) is 11.3 Å². The molecule has 1 aliphatic heterocycles. The van der Waals surface area contributed by atoms with Crippen LogP contribution in [0.4, 0.5) is 5.95 Å². The van der Waals surface area contributed by atoms with Crippen LogP contribution in [-0.4, -0.2) is 21.1 Å². The zero-order chi connectivity index (χ0) is 14.3. The molecule has 21 heavy (non-hydrogen) atoms. The van der Waals surface area contributed by atoms with Crippen molar-refractivity contribution in [2.24, 2.45) is 5.41 Å². The highest BCUT2D eigenvalue weighted by molar-refractivity contribution is 9.10. The summed E-state index contributed by atoms with van der Waals surface area (Å²) in [5.41, 5.74) is 1.51. The largest absolute Gasteiger partial charge is 0.355 e. The van der Waals surface area contributed by atoms with Crippen molar-refractivity contribution in [3.8, 4) is 11.3 Å². The van der Waals surface area contributed by atoms with Crippen LogP contribution in [0, 0.1) is 5.41 Å². The Labute approximate surface area is 141 Å². The number of nitrogens with zero attached hydrogens (tertiary/aromatic N) is 3. The molecule has 0 fully saturated rings. The SMILES string of the molecule is Br.CC1(C)CNc2nc(-c3ccncc3)c(Br)c(=O)n2C1. The average molecular weight is 416 g/mol. The Balaban J connectivity index is 0.00000161. The van der Waals surface area contributed by atoms with Gasteiger partial charge in [-0.25, -0.2) is 4.98 Å². The molecular formula is C14H16Br2N4O. The van der Waals surface area contributed by atoms with E-state index >= 15 is 0 Å². The second-order valence-corrected chi connectivity index (χ2v) is 6.54. The number of hydrogen-bond acceptors (Lipinski definition) is 4. The van der Waals surface area contributed by atoms with E-state index in [2.05, 4.69) is 45.1 Å². The van der Waals surface area contributed by atoms with Crippen molar-refractivity contribution in [2.75, 3.05) is 11.9 Å². The van der Waals surface area contributed by atoms with Crippen LogP contribution < -0.4 is 10.9 Å². The highest BCUT2D eigenvalue weighted by atomic mass is 79.9. The molecule has 0 spiro atoms. The predicted molar refractivity (Wildman–Crippen MR) is 92.0 cm³/mol. The molecular weight excluding hydrogens is 400 g/mol.